The van der Waals surface area contributed by atoms with Crippen LogP contribution >= 0.6 is 11.6 Å². The van der Waals surface area contributed by atoms with E-state index in [9.17, 15) is 9.59 Å². The van der Waals surface area contributed by atoms with Gasteiger partial charge in [-0.05, 0) is 42.2 Å². The Hall–Kier alpha value is -2.73. The first kappa shape index (κ1) is 24.5. The molecule has 0 bridgehead atoms. The van der Waals surface area contributed by atoms with E-state index in [1.165, 1.54) is 0 Å². The molecule has 2 rings (SSSR count). The highest BCUT2D eigenvalue weighted by Gasteiger charge is 2.29. The molecule has 0 unspecified atom stereocenters. The van der Waals surface area contributed by atoms with Crippen LogP contribution in [0.15, 0.2) is 48.5 Å². The van der Waals surface area contributed by atoms with Gasteiger partial charge in [0.15, 0.2) is 6.61 Å². The number of nitrogens with one attached hydrogen (secondary N) is 1. The van der Waals surface area contributed by atoms with Crippen molar-refractivity contribution in [2.75, 3.05) is 20.3 Å². The lowest BCUT2D eigenvalue weighted by atomic mass is 10.1. The Morgan fingerprint density at radius 2 is 1.87 bits per heavy atom. The Bertz CT molecular complexity index is 872. The van der Waals surface area contributed by atoms with Gasteiger partial charge in [0.25, 0.3) is 5.91 Å². The van der Waals surface area contributed by atoms with Crippen molar-refractivity contribution in [3.05, 3.63) is 59.1 Å². The van der Waals surface area contributed by atoms with Gasteiger partial charge in [0.1, 0.15) is 17.5 Å². The summed E-state index contributed by atoms with van der Waals surface area (Å²) < 4.78 is 10.9. The van der Waals surface area contributed by atoms with E-state index in [1.54, 1.807) is 36.3 Å². The van der Waals surface area contributed by atoms with Gasteiger partial charge in [0.2, 0.25) is 5.91 Å². The number of benzene rings is 2. The highest BCUT2D eigenvalue weighted by molar-refractivity contribution is 6.32. The maximum absolute atomic E-state index is 13.2. The molecule has 0 heterocycles. The molecule has 2 aromatic rings. The zero-order chi connectivity index (χ0) is 22.8. The highest BCUT2D eigenvalue weighted by Crippen LogP contribution is 2.23. The fraction of sp³-hybridized carbons (Fsp3) is 0.417. The predicted molar refractivity (Wildman–Crippen MR) is 122 cm³/mol. The molecule has 0 saturated carbocycles. The minimum atomic E-state index is -0.618. The molecule has 6 nitrogen and oxygen atoms in total. The molecular weight excluding hydrogens is 416 g/mol. The first-order valence-electron chi connectivity index (χ1n) is 10.4. The van der Waals surface area contributed by atoms with E-state index in [-0.39, 0.29) is 25.0 Å². The first-order chi connectivity index (χ1) is 14.8. The van der Waals surface area contributed by atoms with Crippen LogP contribution in [0.1, 0.15) is 32.8 Å². The summed E-state index contributed by atoms with van der Waals surface area (Å²) in [5.41, 5.74) is 0.862. The lowest BCUT2D eigenvalue weighted by Crippen LogP contribution is -2.50. The fourth-order valence-electron chi connectivity index (χ4n) is 3.09. The normalized spacial score (nSPS) is 11.7. The average Bonchev–Trinajstić information content (AvgIpc) is 2.76. The van der Waals surface area contributed by atoms with Crippen LogP contribution < -0.4 is 14.8 Å². The van der Waals surface area contributed by atoms with Gasteiger partial charge in [-0.25, -0.2) is 0 Å². The van der Waals surface area contributed by atoms with Crippen molar-refractivity contribution < 1.29 is 19.1 Å². The molecule has 0 aromatic heterocycles. The van der Waals surface area contributed by atoms with E-state index in [0.29, 0.717) is 35.4 Å². The maximum atomic E-state index is 13.2. The summed E-state index contributed by atoms with van der Waals surface area (Å²) in [6.07, 6.45) is 0.478. The number of para-hydroxylation sites is 1. The number of halogens is 1. The van der Waals surface area contributed by atoms with E-state index in [0.717, 1.165) is 5.56 Å². The molecule has 168 valence electrons. The van der Waals surface area contributed by atoms with Crippen LogP contribution in [0.25, 0.3) is 0 Å². The van der Waals surface area contributed by atoms with Crippen molar-refractivity contribution >= 4 is 23.4 Å². The summed E-state index contributed by atoms with van der Waals surface area (Å²) in [4.78, 5) is 27.6. The van der Waals surface area contributed by atoms with Gasteiger partial charge in [-0.3, -0.25) is 9.59 Å². The van der Waals surface area contributed by atoms with Crippen LogP contribution in [0.5, 0.6) is 11.5 Å². The maximum Gasteiger partial charge on any atom is 0.261 e. The number of rotatable bonds is 11. The molecule has 0 saturated heterocycles. The number of amides is 2. The summed E-state index contributed by atoms with van der Waals surface area (Å²) in [6.45, 7) is 6.53. The quantitative estimate of drug-likeness (QED) is 0.558. The molecular formula is C24H31ClN2O4. The van der Waals surface area contributed by atoms with Crippen molar-refractivity contribution in [2.45, 2.75) is 39.8 Å². The largest absolute Gasteiger partial charge is 0.497 e. The molecule has 2 aromatic carbocycles. The summed E-state index contributed by atoms with van der Waals surface area (Å²) >= 11 is 6.13. The van der Waals surface area contributed by atoms with Crippen LogP contribution in [0.2, 0.25) is 5.02 Å². The molecule has 1 atom stereocenters. The van der Waals surface area contributed by atoms with Crippen LogP contribution in [0.3, 0.4) is 0 Å². The Morgan fingerprint density at radius 3 is 2.52 bits per heavy atom. The van der Waals surface area contributed by atoms with E-state index in [2.05, 4.69) is 5.32 Å². The molecule has 31 heavy (non-hydrogen) atoms. The van der Waals surface area contributed by atoms with Crippen molar-refractivity contribution in [1.29, 1.82) is 0 Å². The third-order valence-corrected chi connectivity index (χ3v) is 5.06. The highest BCUT2D eigenvalue weighted by atomic mass is 35.5. The SMILES string of the molecule is CC[C@@H](C(=O)NCC(C)C)N(Cc1cccc(OC)c1)C(=O)COc1ccccc1Cl. The van der Waals surface area contributed by atoms with Gasteiger partial charge >= 0.3 is 0 Å². The Labute approximate surface area is 189 Å². The van der Waals surface area contributed by atoms with Crippen LogP contribution in [0, 0.1) is 5.92 Å². The lowest BCUT2D eigenvalue weighted by molar-refractivity contribution is -0.143. The molecule has 0 aliphatic carbocycles. The van der Waals surface area contributed by atoms with Gasteiger partial charge in [0, 0.05) is 13.1 Å². The number of ether oxygens (including phenoxy) is 2. The number of nitrogens with zero attached hydrogens (tertiary/aromatic N) is 1. The van der Waals surface area contributed by atoms with Crippen LogP contribution in [0.4, 0.5) is 0 Å². The second-order valence-electron chi connectivity index (χ2n) is 7.66. The number of carbonyl (C=O) groups is 2. The van der Waals surface area contributed by atoms with E-state index in [1.807, 2.05) is 45.0 Å². The smallest absolute Gasteiger partial charge is 0.261 e. The molecule has 0 radical (unpaired) electrons. The minimum absolute atomic E-state index is 0.176. The number of hydrogen-bond donors (Lipinski definition) is 1. The molecule has 0 aliphatic heterocycles. The first-order valence-corrected chi connectivity index (χ1v) is 10.8. The molecule has 2 amide bonds. The van der Waals surface area contributed by atoms with Crippen LogP contribution in [-0.4, -0.2) is 43.0 Å². The van der Waals surface area contributed by atoms with Crippen molar-refractivity contribution in [3.8, 4) is 11.5 Å². The Kier molecular flexibility index (Phi) is 9.66. The van der Waals surface area contributed by atoms with Gasteiger partial charge < -0.3 is 19.7 Å². The molecule has 1 N–H and O–H groups in total. The van der Waals surface area contributed by atoms with E-state index >= 15 is 0 Å². The van der Waals surface area contributed by atoms with Crippen LogP contribution in [-0.2, 0) is 16.1 Å². The third-order valence-electron chi connectivity index (χ3n) is 4.75. The van der Waals surface area contributed by atoms with Gasteiger partial charge in [-0.1, -0.05) is 56.6 Å². The summed E-state index contributed by atoms with van der Waals surface area (Å²) in [7, 11) is 1.59. The summed E-state index contributed by atoms with van der Waals surface area (Å²) in [5, 5.41) is 3.37. The summed E-state index contributed by atoms with van der Waals surface area (Å²) in [5.74, 6) is 0.956. The number of carbonyl (C=O) groups excluding carboxylic acids is 2. The molecule has 0 fully saturated rings. The second-order valence-corrected chi connectivity index (χ2v) is 8.06. The van der Waals surface area contributed by atoms with Crippen molar-refractivity contribution in [2.24, 2.45) is 5.92 Å². The van der Waals surface area contributed by atoms with Gasteiger partial charge in [0.05, 0.1) is 12.1 Å². The van der Waals surface area contributed by atoms with E-state index in [4.69, 9.17) is 21.1 Å². The standard InChI is InChI=1S/C24H31ClN2O4/c1-5-21(24(29)26-14-17(2)3)27(15-18-9-8-10-19(13-18)30-4)23(28)16-31-22-12-7-6-11-20(22)25/h6-13,17,21H,5,14-16H2,1-4H3,(H,26,29)/t21-/m0/s1. The Morgan fingerprint density at radius 1 is 1.13 bits per heavy atom. The number of hydrogen-bond acceptors (Lipinski definition) is 4. The van der Waals surface area contributed by atoms with Gasteiger partial charge in [-0.2, -0.15) is 0 Å². The zero-order valence-electron chi connectivity index (χ0n) is 18.6. The van der Waals surface area contributed by atoms with Crippen molar-refractivity contribution in [3.63, 3.8) is 0 Å². The summed E-state index contributed by atoms with van der Waals surface area (Å²) in [6, 6.07) is 13.8. The molecule has 0 aliphatic rings. The Balaban J connectivity index is 2.23. The molecule has 0 spiro atoms. The topological polar surface area (TPSA) is 67.9 Å². The third kappa shape index (κ3) is 7.47. The average molecular weight is 447 g/mol. The lowest BCUT2D eigenvalue weighted by Gasteiger charge is -2.31. The number of methoxy groups -OCH3 is 1. The monoisotopic (exact) mass is 446 g/mol. The molecule has 7 heteroatoms. The van der Waals surface area contributed by atoms with Gasteiger partial charge in [-0.15, -0.1) is 0 Å². The fourth-order valence-corrected chi connectivity index (χ4v) is 3.28. The van der Waals surface area contributed by atoms with E-state index < -0.39 is 6.04 Å². The second kappa shape index (κ2) is 12.2. The zero-order valence-corrected chi connectivity index (χ0v) is 19.3. The van der Waals surface area contributed by atoms with Crippen molar-refractivity contribution in [1.82, 2.24) is 10.2 Å². The minimum Gasteiger partial charge on any atom is -0.497 e. The predicted octanol–water partition coefficient (Wildman–Crippen LogP) is 4.31.